The number of rotatable bonds is 5. The van der Waals surface area contributed by atoms with Gasteiger partial charge in [0.2, 0.25) is 0 Å². The second kappa shape index (κ2) is 6.43. The Morgan fingerprint density at radius 3 is 3.15 bits per heavy atom. The molecule has 1 N–H and O–H groups in total. The van der Waals surface area contributed by atoms with E-state index in [9.17, 15) is 0 Å². The molecule has 5 heteroatoms. The predicted octanol–water partition coefficient (Wildman–Crippen LogP) is 2.39. The summed E-state index contributed by atoms with van der Waals surface area (Å²) >= 11 is 1.67. The van der Waals surface area contributed by atoms with Crippen LogP contribution in [0.4, 0.5) is 0 Å². The topological polar surface area (TPSA) is 41.1 Å². The molecule has 4 nitrogen and oxygen atoms in total. The highest BCUT2D eigenvalue weighted by Crippen LogP contribution is 2.22. The van der Waals surface area contributed by atoms with Gasteiger partial charge in [0.15, 0.2) is 0 Å². The summed E-state index contributed by atoms with van der Waals surface area (Å²) in [5.74, 6) is 0. The Morgan fingerprint density at radius 2 is 2.40 bits per heavy atom. The molecule has 0 radical (unpaired) electrons. The van der Waals surface area contributed by atoms with Crippen LogP contribution in [0.5, 0.6) is 0 Å². The fourth-order valence-electron chi connectivity index (χ4n) is 2.62. The molecule has 106 valence electrons. The van der Waals surface area contributed by atoms with E-state index in [4.69, 9.17) is 0 Å². The highest BCUT2D eigenvalue weighted by atomic mass is 32.1. The van der Waals surface area contributed by atoms with E-state index in [2.05, 4.69) is 32.6 Å². The van der Waals surface area contributed by atoms with Gasteiger partial charge in [-0.25, -0.2) is 4.98 Å². The van der Waals surface area contributed by atoms with Gasteiger partial charge in [-0.3, -0.25) is 9.88 Å². The van der Waals surface area contributed by atoms with Crippen LogP contribution in [0.25, 0.3) is 10.7 Å². The lowest BCUT2D eigenvalue weighted by Gasteiger charge is -2.19. The van der Waals surface area contributed by atoms with Crippen LogP contribution in [-0.2, 0) is 6.54 Å². The molecule has 0 amide bonds. The van der Waals surface area contributed by atoms with Gasteiger partial charge in [-0.2, -0.15) is 0 Å². The Bertz CT molecular complexity index is 534. The molecule has 3 heterocycles. The van der Waals surface area contributed by atoms with Crippen molar-refractivity contribution in [2.45, 2.75) is 25.4 Å². The summed E-state index contributed by atoms with van der Waals surface area (Å²) in [4.78, 5) is 11.4. The van der Waals surface area contributed by atoms with Gasteiger partial charge in [-0.05, 0) is 38.6 Å². The second-order valence-electron chi connectivity index (χ2n) is 5.35. The van der Waals surface area contributed by atoms with Crippen molar-refractivity contribution in [3.63, 3.8) is 0 Å². The first-order valence-corrected chi connectivity index (χ1v) is 7.97. The van der Waals surface area contributed by atoms with E-state index < -0.39 is 0 Å². The number of nitrogens with zero attached hydrogens (tertiary/aromatic N) is 3. The monoisotopic (exact) mass is 288 g/mol. The van der Waals surface area contributed by atoms with Crippen LogP contribution in [0, 0.1) is 0 Å². The number of pyridine rings is 1. The van der Waals surface area contributed by atoms with E-state index in [0.29, 0.717) is 6.04 Å². The second-order valence-corrected chi connectivity index (χ2v) is 6.21. The third-order valence-electron chi connectivity index (χ3n) is 3.56. The van der Waals surface area contributed by atoms with E-state index in [0.717, 1.165) is 29.5 Å². The van der Waals surface area contributed by atoms with Crippen molar-refractivity contribution in [2.24, 2.45) is 0 Å². The summed E-state index contributed by atoms with van der Waals surface area (Å²) in [6.45, 7) is 3.16. The summed E-state index contributed by atoms with van der Waals surface area (Å²) in [5.41, 5.74) is 2.10. The molecule has 1 unspecified atom stereocenters. The van der Waals surface area contributed by atoms with Crippen molar-refractivity contribution >= 4 is 11.3 Å². The molecule has 1 aliphatic heterocycles. The molecule has 0 saturated carbocycles. The Labute approximate surface area is 123 Å². The van der Waals surface area contributed by atoms with Crippen LogP contribution in [0.1, 0.15) is 18.5 Å². The molecule has 0 bridgehead atoms. The molecule has 0 spiro atoms. The SMILES string of the molecule is CN(Cc1csc(-c2ccccn2)n1)CC1CCCN1. The van der Waals surface area contributed by atoms with E-state index in [1.165, 1.54) is 19.4 Å². The van der Waals surface area contributed by atoms with Crippen molar-refractivity contribution in [3.05, 3.63) is 35.5 Å². The Balaban J connectivity index is 1.59. The molecule has 0 aromatic carbocycles. The zero-order valence-corrected chi connectivity index (χ0v) is 12.6. The molecule has 1 fully saturated rings. The number of likely N-dealkylation sites (N-methyl/N-ethyl adjacent to an activating group) is 1. The fourth-order valence-corrected chi connectivity index (χ4v) is 3.40. The van der Waals surface area contributed by atoms with Gasteiger partial charge in [0.1, 0.15) is 5.01 Å². The number of hydrogen-bond acceptors (Lipinski definition) is 5. The zero-order valence-electron chi connectivity index (χ0n) is 11.7. The Kier molecular flexibility index (Phi) is 4.40. The van der Waals surface area contributed by atoms with Gasteiger partial charge < -0.3 is 5.32 Å². The normalized spacial score (nSPS) is 18.8. The molecule has 2 aromatic heterocycles. The molecule has 3 rings (SSSR count). The maximum absolute atomic E-state index is 4.69. The summed E-state index contributed by atoms with van der Waals surface area (Å²) in [7, 11) is 2.17. The number of aromatic nitrogens is 2. The maximum Gasteiger partial charge on any atom is 0.142 e. The van der Waals surface area contributed by atoms with E-state index in [1.54, 1.807) is 11.3 Å². The van der Waals surface area contributed by atoms with Crippen molar-refractivity contribution in [1.29, 1.82) is 0 Å². The molecule has 0 aliphatic carbocycles. The van der Waals surface area contributed by atoms with Crippen molar-refractivity contribution in [3.8, 4) is 10.7 Å². The zero-order chi connectivity index (χ0) is 13.8. The number of hydrogen-bond donors (Lipinski definition) is 1. The predicted molar refractivity (Wildman–Crippen MR) is 82.7 cm³/mol. The Hall–Kier alpha value is -1.30. The largest absolute Gasteiger partial charge is 0.313 e. The Morgan fingerprint density at radius 1 is 1.45 bits per heavy atom. The van der Waals surface area contributed by atoms with Crippen LogP contribution in [0.3, 0.4) is 0 Å². The highest BCUT2D eigenvalue weighted by molar-refractivity contribution is 7.13. The third-order valence-corrected chi connectivity index (χ3v) is 4.48. The van der Waals surface area contributed by atoms with Crippen LogP contribution >= 0.6 is 11.3 Å². The first kappa shape index (κ1) is 13.7. The van der Waals surface area contributed by atoms with Crippen molar-refractivity contribution in [2.75, 3.05) is 20.1 Å². The number of thiazole rings is 1. The van der Waals surface area contributed by atoms with Crippen LogP contribution in [0.2, 0.25) is 0 Å². The molecule has 2 aromatic rings. The summed E-state index contributed by atoms with van der Waals surface area (Å²) in [5, 5.41) is 6.68. The first-order chi connectivity index (χ1) is 9.81. The number of nitrogens with one attached hydrogen (secondary N) is 1. The molecule has 20 heavy (non-hydrogen) atoms. The lowest BCUT2D eigenvalue weighted by molar-refractivity contribution is 0.291. The lowest BCUT2D eigenvalue weighted by atomic mass is 10.2. The van der Waals surface area contributed by atoms with Gasteiger partial charge in [-0.15, -0.1) is 11.3 Å². The average molecular weight is 288 g/mol. The van der Waals surface area contributed by atoms with Crippen LogP contribution in [0.15, 0.2) is 29.8 Å². The van der Waals surface area contributed by atoms with Gasteiger partial charge in [0.05, 0.1) is 11.4 Å². The maximum atomic E-state index is 4.69. The molecular formula is C15H20N4S. The van der Waals surface area contributed by atoms with Gasteiger partial charge in [0.25, 0.3) is 0 Å². The van der Waals surface area contributed by atoms with E-state index >= 15 is 0 Å². The summed E-state index contributed by atoms with van der Waals surface area (Å²) < 4.78 is 0. The highest BCUT2D eigenvalue weighted by Gasteiger charge is 2.16. The third kappa shape index (κ3) is 3.42. The molecule has 1 atom stereocenters. The molecule has 1 aliphatic rings. The average Bonchev–Trinajstić information content (AvgIpc) is 3.11. The minimum atomic E-state index is 0.647. The van der Waals surface area contributed by atoms with E-state index in [1.807, 2.05) is 24.4 Å². The standard InChI is InChI=1S/C15H20N4S/c1-19(9-12-5-4-8-16-12)10-13-11-20-15(18-13)14-6-2-3-7-17-14/h2-3,6-7,11-12,16H,4-5,8-10H2,1H3. The van der Waals surface area contributed by atoms with Crippen LogP contribution < -0.4 is 5.32 Å². The summed E-state index contributed by atoms with van der Waals surface area (Å²) in [6, 6.07) is 6.59. The van der Waals surface area contributed by atoms with Gasteiger partial charge in [-0.1, -0.05) is 6.07 Å². The lowest BCUT2D eigenvalue weighted by Crippen LogP contribution is -2.35. The quantitative estimate of drug-likeness (QED) is 0.917. The smallest absolute Gasteiger partial charge is 0.142 e. The summed E-state index contributed by atoms with van der Waals surface area (Å²) in [6.07, 6.45) is 4.41. The van der Waals surface area contributed by atoms with Crippen molar-refractivity contribution in [1.82, 2.24) is 20.2 Å². The van der Waals surface area contributed by atoms with Crippen LogP contribution in [-0.4, -0.2) is 41.0 Å². The molecule has 1 saturated heterocycles. The van der Waals surface area contributed by atoms with Crippen molar-refractivity contribution < 1.29 is 0 Å². The van der Waals surface area contributed by atoms with Gasteiger partial charge >= 0.3 is 0 Å². The molecular weight excluding hydrogens is 268 g/mol. The minimum Gasteiger partial charge on any atom is -0.313 e. The fraction of sp³-hybridized carbons (Fsp3) is 0.467. The van der Waals surface area contributed by atoms with E-state index in [-0.39, 0.29) is 0 Å². The first-order valence-electron chi connectivity index (χ1n) is 7.09. The van der Waals surface area contributed by atoms with Gasteiger partial charge in [0, 0.05) is 30.7 Å². The minimum absolute atomic E-state index is 0.647.